The van der Waals surface area contributed by atoms with Gasteiger partial charge in [0.25, 0.3) is 5.91 Å². The Morgan fingerprint density at radius 1 is 1.22 bits per heavy atom. The van der Waals surface area contributed by atoms with E-state index in [9.17, 15) is 14.7 Å². The number of ether oxygens (including phenoxy) is 1. The predicted octanol–water partition coefficient (Wildman–Crippen LogP) is 2.87. The van der Waals surface area contributed by atoms with Gasteiger partial charge >= 0.3 is 6.01 Å². The van der Waals surface area contributed by atoms with Crippen LogP contribution in [-0.4, -0.2) is 77.8 Å². The molecule has 1 saturated heterocycles. The smallest absolute Gasteiger partial charge is 0.319 e. The van der Waals surface area contributed by atoms with Gasteiger partial charge in [0.2, 0.25) is 5.91 Å². The van der Waals surface area contributed by atoms with E-state index in [0.29, 0.717) is 43.3 Å². The Labute approximate surface area is 238 Å². The number of aromatic nitrogens is 2. The van der Waals surface area contributed by atoms with Gasteiger partial charge in [0, 0.05) is 75.7 Å². The highest BCUT2D eigenvalue weighted by Crippen LogP contribution is 2.29. The summed E-state index contributed by atoms with van der Waals surface area (Å²) in [5, 5.41) is 21.9. The van der Waals surface area contributed by atoms with E-state index in [4.69, 9.17) is 15.7 Å². The normalized spacial score (nSPS) is 13.2. The molecule has 0 spiro atoms. The fraction of sp³-hybridized carbons (Fsp3) is 0.241. The molecular weight excluding hydrogens is 524 g/mol. The number of benzene rings is 2. The minimum absolute atomic E-state index is 0.0122. The fourth-order valence-corrected chi connectivity index (χ4v) is 4.07. The number of aromatic hydroxyl groups is 1. The Bertz CT molecular complexity index is 1500. The highest BCUT2D eigenvalue weighted by Gasteiger charge is 2.23. The number of phenolic OH excluding ortho intramolecular Hbond substituents is 1. The van der Waals surface area contributed by atoms with Gasteiger partial charge in [-0.25, -0.2) is 0 Å². The summed E-state index contributed by atoms with van der Waals surface area (Å²) >= 11 is 0. The molecule has 1 aromatic heterocycles. The number of rotatable bonds is 8. The quantitative estimate of drug-likeness (QED) is 0.279. The van der Waals surface area contributed by atoms with E-state index in [1.54, 1.807) is 36.4 Å². The van der Waals surface area contributed by atoms with E-state index >= 15 is 0 Å². The number of fused-ring (bicyclic) bond motifs is 1. The molecule has 0 saturated carbocycles. The van der Waals surface area contributed by atoms with Crippen LogP contribution in [0.15, 0.2) is 71.9 Å². The molecule has 0 aliphatic carbocycles. The maximum absolute atomic E-state index is 13.4. The minimum atomic E-state index is -0.501. The summed E-state index contributed by atoms with van der Waals surface area (Å²) in [5.41, 5.74) is 6.76. The van der Waals surface area contributed by atoms with Crippen molar-refractivity contribution >= 4 is 40.3 Å². The number of hydrogen-bond donors (Lipinski definition) is 3. The van der Waals surface area contributed by atoms with Gasteiger partial charge in [-0.3, -0.25) is 14.6 Å². The number of aliphatic imine (C=N–C) groups is 1. The Kier molecular flexibility index (Phi) is 10.8. The first-order chi connectivity index (χ1) is 19.8. The lowest BCUT2D eigenvalue weighted by molar-refractivity contribution is -0.126. The van der Waals surface area contributed by atoms with Crippen LogP contribution in [0.25, 0.3) is 10.8 Å². The molecular formula is C29H32N8O4. The predicted molar refractivity (Wildman–Crippen MR) is 158 cm³/mol. The summed E-state index contributed by atoms with van der Waals surface area (Å²) < 4.78 is 5.76. The largest absolute Gasteiger partial charge is 0.508 e. The maximum Gasteiger partial charge on any atom is 0.319 e. The molecule has 0 atom stereocenters. The Balaban J connectivity index is 0.00000147. The molecule has 41 heavy (non-hydrogen) atoms. The molecule has 4 rings (SSSR count). The van der Waals surface area contributed by atoms with E-state index in [1.807, 2.05) is 29.2 Å². The van der Waals surface area contributed by atoms with Crippen molar-refractivity contribution in [3.05, 3.63) is 72.6 Å². The zero-order valence-corrected chi connectivity index (χ0v) is 22.9. The van der Waals surface area contributed by atoms with Crippen molar-refractivity contribution in [3.8, 4) is 17.8 Å². The second-order valence-electron chi connectivity index (χ2n) is 8.72. The number of phenols is 1. The van der Waals surface area contributed by atoms with E-state index in [1.165, 1.54) is 25.3 Å². The van der Waals surface area contributed by atoms with E-state index < -0.39 is 5.91 Å². The second-order valence-corrected chi connectivity index (χ2v) is 8.72. The lowest BCUT2D eigenvalue weighted by Gasteiger charge is -2.35. The van der Waals surface area contributed by atoms with Crippen molar-refractivity contribution < 1.29 is 19.4 Å². The number of hydrogen-bond acceptors (Lipinski definition) is 10. The summed E-state index contributed by atoms with van der Waals surface area (Å²) in [6.45, 7) is 7.00. The van der Waals surface area contributed by atoms with Crippen molar-refractivity contribution in [2.75, 3.05) is 50.1 Å². The number of carbonyl (C=O) groups excluding carboxylic acids is 2. The van der Waals surface area contributed by atoms with E-state index in [0.717, 1.165) is 10.8 Å². The van der Waals surface area contributed by atoms with Crippen molar-refractivity contribution in [2.45, 2.75) is 6.92 Å². The molecule has 2 heterocycles. The van der Waals surface area contributed by atoms with Crippen LogP contribution in [0.3, 0.4) is 0 Å². The van der Waals surface area contributed by atoms with Crippen LogP contribution < -0.4 is 20.7 Å². The van der Waals surface area contributed by atoms with E-state index in [-0.39, 0.29) is 30.0 Å². The first kappa shape index (κ1) is 30.1. The maximum atomic E-state index is 13.4. The van der Waals surface area contributed by atoms with Gasteiger partial charge in [-0.1, -0.05) is 30.8 Å². The molecule has 0 radical (unpaired) electrons. The van der Waals surface area contributed by atoms with Crippen LogP contribution in [0.5, 0.6) is 11.8 Å². The monoisotopic (exact) mass is 556 g/mol. The van der Waals surface area contributed by atoms with Crippen LogP contribution in [-0.2, 0) is 4.79 Å². The molecule has 1 aliphatic heterocycles. The van der Waals surface area contributed by atoms with Crippen molar-refractivity contribution in [1.82, 2.24) is 14.9 Å². The molecule has 4 N–H and O–H groups in total. The number of nitrogens with one attached hydrogen (secondary N) is 1. The summed E-state index contributed by atoms with van der Waals surface area (Å²) in [4.78, 5) is 41.8. The molecule has 212 valence electrons. The van der Waals surface area contributed by atoms with Gasteiger partial charge in [0.05, 0.1) is 11.8 Å². The number of piperazine rings is 1. The Morgan fingerprint density at radius 3 is 2.59 bits per heavy atom. The number of amides is 2. The summed E-state index contributed by atoms with van der Waals surface area (Å²) in [6, 6.07) is 13.8. The third-order valence-electron chi connectivity index (χ3n) is 5.99. The lowest BCUT2D eigenvalue weighted by Crippen LogP contribution is -2.48. The standard InChI is InChI=1S/C27H29N7O4.C2H3N/c1-3-25(36)34-10-8-33(9-11-34)24-14-23(31-27(32-24)38-17-18(15-28)16-29-2)26(37)30-22-13-20(35)12-19-6-4-5-7-21(19)22;1-2-3/h3-7,12-16,35H,1,8-11,17,28H2,2H3,(H,30,37);1H3/b18-15+,29-16?;. The van der Waals surface area contributed by atoms with Crippen LogP contribution in [0, 0.1) is 11.3 Å². The summed E-state index contributed by atoms with van der Waals surface area (Å²) in [7, 11) is 1.62. The summed E-state index contributed by atoms with van der Waals surface area (Å²) in [6.07, 6.45) is 4.22. The molecule has 12 nitrogen and oxygen atoms in total. The topological polar surface area (TPSA) is 170 Å². The van der Waals surface area contributed by atoms with Gasteiger partial charge in [0.1, 0.15) is 23.9 Å². The second kappa shape index (κ2) is 14.6. The third-order valence-corrected chi connectivity index (χ3v) is 5.99. The molecule has 3 aromatic rings. The Hall–Kier alpha value is -5.44. The zero-order valence-electron chi connectivity index (χ0n) is 22.9. The number of carbonyl (C=O) groups is 2. The summed E-state index contributed by atoms with van der Waals surface area (Å²) in [5.74, 6) is -0.126. The molecule has 0 bridgehead atoms. The molecule has 0 unspecified atom stereocenters. The number of nitrogens with two attached hydrogens (primary N) is 1. The minimum Gasteiger partial charge on any atom is -0.508 e. The van der Waals surface area contributed by atoms with Crippen molar-refractivity contribution in [2.24, 2.45) is 10.7 Å². The third kappa shape index (κ3) is 8.03. The van der Waals surface area contributed by atoms with Gasteiger partial charge in [0.15, 0.2) is 0 Å². The van der Waals surface area contributed by atoms with Crippen LogP contribution in [0.1, 0.15) is 17.4 Å². The fourth-order valence-electron chi connectivity index (χ4n) is 4.07. The Morgan fingerprint density at radius 2 is 1.93 bits per heavy atom. The number of nitriles is 1. The SMILES string of the molecule is C=CC(=O)N1CCN(c2cc(C(=O)Nc3cc(O)cc4ccccc34)nc(OC/C(C=NC)=C/N)n2)CC1.CC#N. The molecule has 12 heteroatoms. The average Bonchev–Trinajstić information content (AvgIpc) is 2.99. The number of nitrogens with zero attached hydrogens (tertiary/aromatic N) is 6. The molecule has 1 aliphatic rings. The van der Waals surface area contributed by atoms with Crippen LogP contribution in [0.4, 0.5) is 11.5 Å². The van der Waals surface area contributed by atoms with Crippen molar-refractivity contribution in [1.29, 1.82) is 5.26 Å². The van der Waals surface area contributed by atoms with Gasteiger partial charge in [-0.15, -0.1) is 0 Å². The van der Waals surface area contributed by atoms with Crippen LogP contribution in [0.2, 0.25) is 0 Å². The van der Waals surface area contributed by atoms with Gasteiger partial charge in [-0.2, -0.15) is 15.2 Å². The zero-order chi connectivity index (χ0) is 29.8. The van der Waals surface area contributed by atoms with Gasteiger partial charge < -0.3 is 30.7 Å². The van der Waals surface area contributed by atoms with E-state index in [2.05, 4.69) is 26.9 Å². The highest BCUT2D eigenvalue weighted by atomic mass is 16.5. The highest BCUT2D eigenvalue weighted by molar-refractivity contribution is 6.09. The van der Waals surface area contributed by atoms with Gasteiger partial charge in [-0.05, 0) is 17.5 Å². The first-order valence-corrected chi connectivity index (χ1v) is 12.7. The van der Waals surface area contributed by atoms with Crippen molar-refractivity contribution in [3.63, 3.8) is 0 Å². The first-order valence-electron chi connectivity index (χ1n) is 12.7. The van der Waals surface area contributed by atoms with Crippen LogP contribution >= 0.6 is 0 Å². The molecule has 2 amide bonds. The average molecular weight is 557 g/mol. The molecule has 1 fully saturated rings. The number of anilines is 2. The lowest BCUT2D eigenvalue weighted by atomic mass is 10.1. The molecule has 2 aromatic carbocycles.